The lowest BCUT2D eigenvalue weighted by molar-refractivity contribution is -0.144. The number of aromatic nitrogens is 1. The number of aliphatic imine (C=N–C) groups is 1. The van der Waals surface area contributed by atoms with Crippen LogP contribution in [0.2, 0.25) is 10.2 Å². The summed E-state index contributed by atoms with van der Waals surface area (Å²) in [5, 5.41) is 4.45. The fraction of sp³-hybridized carbons (Fsp3) is 0.515. The van der Waals surface area contributed by atoms with Crippen molar-refractivity contribution in [1.82, 2.24) is 25.0 Å². The first-order chi connectivity index (χ1) is 21.8. The Hall–Kier alpha value is -2.73. The van der Waals surface area contributed by atoms with Crippen LogP contribution < -0.4 is 5.32 Å². The molecule has 1 aromatic carbocycles. The predicted octanol–water partition coefficient (Wildman–Crippen LogP) is 6.06. The number of hydrogen-bond acceptors (Lipinski definition) is 7. The highest BCUT2D eigenvalue weighted by Crippen LogP contribution is 2.56. The van der Waals surface area contributed by atoms with Crippen LogP contribution in [0.4, 0.5) is 8.78 Å². The molecule has 2 amide bonds. The van der Waals surface area contributed by atoms with Gasteiger partial charge in [-0.25, -0.2) is 18.8 Å². The summed E-state index contributed by atoms with van der Waals surface area (Å²) in [5.74, 6) is -1.31. The number of rotatable bonds is 5. The zero-order valence-corrected chi connectivity index (χ0v) is 28.4. The summed E-state index contributed by atoms with van der Waals surface area (Å²) >= 11 is 13.4. The second-order valence-electron chi connectivity index (χ2n) is 13.6. The van der Waals surface area contributed by atoms with Gasteiger partial charge in [-0.05, 0) is 68.1 Å². The highest BCUT2D eigenvalue weighted by Gasteiger charge is 2.55. The molecule has 7 rings (SSSR count). The monoisotopic (exact) mass is 688 g/mol. The SMILES string of the molecule is CC(C)C1=C(C(=O)N2C[C@H](F)C[C@H]2C(=O)N2CC3(CC3)NC[C@H]2C)SC2=N[C@@](C)(c3ccc(Cl)nc3)[C@@H](c3ccc(Cl)c(F)c3)N21. The quantitative estimate of drug-likeness (QED) is 0.385. The lowest BCUT2D eigenvalue weighted by Gasteiger charge is -2.41. The number of allylic oxidation sites excluding steroid dienone is 1. The van der Waals surface area contributed by atoms with Gasteiger partial charge < -0.3 is 20.0 Å². The number of benzene rings is 1. The molecule has 1 aliphatic carbocycles. The van der Waals surface area contributed by atoms with E-state index >= 15 is 4.39 Å². The number of hydrogen-bond donors (Lipinski definition) is 1. The van der Waals surface area contributed by atoms with Crippen LogP contribution in [0.3, 0.4) is 0 Å². The minimum atomic E-state index is -1.30. The Morgan fingerprint density at radius 1 is 1.15 bits per heavy atom. The molecular weight excluding hydrogens is 653 g/mol. The van der Waals surface area contributed by atoms with Gasteiger partial charge in [0.15, 0.2) is 5.17 Å². The Morgan fingerprint density at radius 2 is 1.91 bits per heavy atom. The zero-order valence-electron chi connectivity index (χ0n) is 26.1. The zero-order chi connectivity index (χ0) is 32.7. The molecule has 1 saturated carbocycles. The first kappa shape index (κ1) is 31.8. The van der Waals surface area contributed by atoms with Crippen molar-refractivity contribution < 1.29 is 18.4 Å². The number of nitrogens with one attached hydrogen (secondary N) is 1. The van der Waals surface area contributed by atoms with Gasteiger partial charge in [-0.15, -0.1) is 0 Å². The molecule has 13 heteroatoms. The van der Waals surface area contributed by atoms with E-state index in [4.69, 9.17) is 28.2 Å². The molecule has 2 saturated heterocycles. The lowest BCUT2D eigenvalue weighted by atomic mass is 9.81. The average molecular weight is 690 g/mol. The second kappa shape index (κ2) is 11.5. The first-order valence-corrected chi connectivity index (χ1v) is 17.3. The molecule has 1 N–H and O–H groups in total. The van der Waals surface area contributed by atoms with Crippen LogP contribution in [0.25, 0.3) is 0 Å². The number of amides is 2. The van der Waals surface area contributed by atoms with Gasteiger partial charge in [0, 0.05) is 48.5 Å². The van der Waals surface area contributed by atoms with E-state index in [-0.39, 0.29) is 47.3 Å². The van der Waals surface area contributed by atoms with Crippen molar-refractivity contribution in [2.75, 3.05) is 19.6 Å². The third-order valence-corrected chi connectivity index (χ3v) is 11.6. The van der Waals surface area contributed by atoms with Crippen molar-refractivity contribution in [3.05, 3.63) is 74.3 Å². The number of fused-ring (bicyclic) bond motifs is 1. The first-order valence-electron chi connectivity index (χ1n) is 15.7. The molecule has 5 aliphatic rings. The fourth-order valence-electron chi connectivity index (χ4n) is 7.35. The van der Waals surface area contributed by atoms with E-state index in [2.05, 4.69) is 10.3 Å². The summed E-state index contributed by atoms with van der Waals surface area (Å²) in [6.45, 7) is 8.99. The number of pyridine rings is 1. The van der Waals surface area contributed by atoms with Crippen LogP contribution in [-0.2, 0) is 15.1 Å². The standard InChI is InChI=1S/C33H36Cl2F2N6O2S/c1-17(2)26-27(30(45)41-15-21(36)12-24(41)29(44)42-16-33(9-10-33)39-13-18(42)3)46-31-40-32(4,20-6-8-25(35)38-14-20)28(43(26)31)19-5-7-22(34)23(37)11-19/h5-8,11,14,17-18,21,24,28,39H,9-10,12-13,15-16H2,1-4H3/t18-,21-,24+,28-,32+/m1/s1. The number of nitrogens with zero attached hydrogens (tertiary/aromatic N) is 5. The smallest absolute Gasteiger partial charge is 0.263 e. The van der Waals surface area contributed by atoms with Crippen molar-refractivity contribution >= 4 is 51.9 Å². The normalized spacial score (nSPS) is 30.0. The number of likely N-dealkylation sites (tertiary alicyclic amines) is 1. The van der Waals surface area contributed by atoms with Gasteiger partial charge in [-0.2, -0.15) is 0 Å². The van der Waals surface area contributed by atoms with E-state index in [1.165, 1.54) is 28.8 Å². The third kappa shape index (κ3) is 5.22. The van der Waals surface area contributed by atoms with Gasteiger partial charge in [0.2, 0.25) is 5.91 Å². The van der Waals surface area contributed by atoms with Gasteiger partial charge in [-0.1, -0.05) is 49.2 Å². The fourth-order valence-corrected chi connectivity index (χ4v) is 8.94. The van der Waals surface area contributed by atoms with Crippen LogP contribution in [0.1, 0.15) is 64.1 Å². The third-order valence-electron chi connectivity index (χ3n) is 10.0. The topological polar surface area (TPSA) is 81.1 Å². The molecule has 0 bridgehead atoms. The number of piperazine rings is 1. The molecule has 244 valence electrons. The molecule has 8 nitrogen and oxygen atoms in total. The number of thioether (sulfide) groups is 1. The molecule has 5 heterocycles. The Balaban J connectivity index is 1.27. The van der Waals surface area contributed by atoms with Gasteiger partial charge in [0.1, 0.15) is 33.6 Å². The maximum absolute atomic E-state index is 15.1. The summed E-state index contributed by atoms with van der Waals surface area (Å²) in [6, 6.07) is 6.72. The Labute approximate surface area is 281 Å². The summed E-state index contributed by atoms with van der Waals surface area (Å²) in [6.07, 6.45) is 2.34. The van der Waals surface area contributed by atoms with E-state index in [1.807, 2.05) is 43.6 Å². The van der Waals surface area contributed by atoms with Gasteiger partial charge >= 0.3 is 0 Å². The van der Waals surface area contributed by atoms with Crippen LogP contribution in [-0.4, -0.2) is 80.1 Å². The maximum atomic E-state index is 15.1. The van der Waals surface area contributed by atoms with Crippen LogP contribution in [0.15, 0.2) is 52.1 Å². The molecular formula is C33H36Cl2F2N6O2S. The Kier molecular flexibility index (Phi) is 7.93. The Bertz CT molecular complexity index is 1670. The van der Waals surface area contributed by atoms with Crippen molar-refractivity contribution in [3.63, 3.8) is 0 Å². The van der Waals surface area contributed by atoms with Crippen LogP contribution in [0.5, 0.6) is 0 Å². The van der Waals surface area contributed by atoms with Gasteiger partial charge in [0.05, 0.1) is 17.6 Å². The molecule has 1 spiro atoms. The average Bonchev–Trinajstić information content (AvgIpc) is 3.34. The van der Waals surface area contributed by atoms with E-state index in [1.54, 1.807) is 18.3 Å². The van der Waals surface area contributed by atoms with E-state index in [0.717, 1.165) is 18.4 Å². The summed E-state index contributed by atoms with van der Waals surface area (Å²) in [4.78, 5) is 43.6. The van der Waals surface area contributed by atoms with E-state index in [0.29, 0.717) is 39.6 Å². The summed E-state index contributed by atoms with van der Waals surface area (Å²) in [7, 11) is 0. The highest BCUT2D eigenvalue weighted by atomic mass is 35.5. The molecule has 1 aromatic heterocycles. The minimum Gasteiger partial charge on any atom is -0.335 e. The van der Waals surface area contributed by atoms with Gasteiger partial charge in [0.25, 0.3) is 5.91 Å². The number of halogens is 4. The minimum absolute atomic E-state index is 0.000899. The molecule has 2 aromatic rings. The number of carbonyl (C=O) groups is 2. The number of alkyl halides is 1. The highest BCUT2D eigenvalue weighted by molar-refractivity contribution is 8.18. The van der Waals surface area contributed by atoms with Gasteiger partial charge in [-0.3, -0.25) is 9.59 Å². The lowest BCUT2D eigenvalue weighted by Crippen LogP contribution is -2.61. The molecule has 3 fully saturated rings. The van der Waals surface area contributed by atoms with Crippen molar-refractivity contribution in [3.8, 4) is 0 Å². The number of carbonyl (C=O) groups excluding carboxylic acids is 2. The Morgan fingerprint density at radius 3 is 2.57 bits per heavy atom. The molecule has 46 heavy (non-hydrogen) atoms. The van der Waals surface area contributed by atoms with E-state index in [9.17, 15) is 14.0 Å². The molecule has 0 radical (unpaired) electrons. The van der Waals surface area contributed by atoms with Crippen LogP contribution >= 0.6 is 35.0 Å². The predicted molar refractivity (Wildman–Crippen MR) is 176 cm³/mol. The largest absolute Gasteiger partial charge is 0.335 e. The summed E-state index contributed by atoms with van der Waals surface area (Å²) < 4.78 is 30.1. The van der Waals surface area contributed by atoms with Crippen molar-refractivity contribution in [2.24, 2.45) is 10.9 Å². The molecule has 0 unspecified atom stereocenters. The molecule has 4 aliphatic heterocycles. The summed E-state index contributed by atoms with van der Waals surface area (Å²) in [5.41, 5.74) is 1.10. The second-order valence-corrected chi connectivity index (χ2v) is 15.4. The number of amidine groups is 1. The van der Waals surface area contributed by atoms with Crippen molar-refractivity contribution in [2.45, 2.75) is 82.3 Å². The van der Waals surface area contributed by atoms with E-state index < -0.39 is 29.6 Å². The maximum Gasteiger partial charge on any atom is 0.263 e. The van der Waals surface area contributed by atoms with Crippen LogP contribution in [0, 0.1) is 11.7 Å². The molecule has 5 atom stereocenters. The van der Waals surface area contributed by atoms with Crippen molar-refractivity contribution in [1.29, 1.82) is 0 Å².